The third-order valence-corrected chi connectivity index (χ3v) is 5.67. The van der Waals surface area contributed by atoms with Crippen LogP contribution in [0.4, 0.5) is 0 Å². The predicted octanol–water partition coefficient (Wildman–Crippen LogP) is 2.45. The van der Waals surface area contributed by atoms with Gasteiger partial charge in [0.1, 0.15) is 4.90 Å². The highest BCUT2D eigenvalue weighted by Crippen LogP contribution is 2.29. The first-order valence-electron chi connectivity index (χ1n) is 6.93. The first-order valence-corrected chi connectivity index (χ1v) is 8.79. The van der Waals surface area contributed by atoms with E-state index in [-0.39, 0.29) is 22.0 Å². The highest BCUT2D eigenvalue weighted by atomic mass is 35.5. The van der Waals surface area contributed by atoms with Crippen molar-refractivity contribution in [2.45, 2.75) is 49.5 Å². The maximum atomic E-state index is 12.3. The number of benzene rings is 1. The molecule has 4 nitrogen and oxygen atoms in total. The molecule has 112 valence electrons. The zero-order valence-electron chi connectivity index (χ0n) is 11.7. The van der Waals surface area contributed by atoms with Crippen LogP contribution < -0.4 is 10.5 Å². The number of nitrogens with two attached hydrogens (primary N) is 1. The Hall–Kier alpha value is -0.620. The highest BCUT2D eigenvalue weighted by molar-refractivity contribution is 7.89. The van der Waals surface area contributed by atoms with Crippen LogP contribution in [0.1, 0.15) is 38.2 Å². The third-order valence-electron chi connectivity index (χ3n) is 3.79. The van der Waals surface area contributed by atoms with E-state index in [2.05, 4.69) is 11.6 Å². The second-order valence-electron chi connectivity index (χ2n) is 5.56. The van der Waals surface area contributed by atoms with Crippen molar-refractivity contribution in [3.05, 3.63) is 28.8 Å². The van der Waals surface area contributed by atoms with Crippen LogP contribution in [0.15, 0.2) is 23.1 Å². The summed E-state index contributed by atoms with van der Waals surface area (Å²) in [7, 11) is -3.60. The van der Waals surface area contributed by atoms with Gasteiger partial charge in [0.05, 0.1) is 5.02 Å². The maximum Gasteiger partial charge on any atom is 0.242 e. The summed E-state index contributed by atoms with van der Waals surface area (Å²) in [6.45, 7) is 2.32. The quantitative estimate of drug-likeness (QED) is 0.846. The number of hydrogen-bond donors (Lipinski definition) is 2. The van der Waals surface area contributed by atoms with Crippen LogP contribution in [0.5, 0.6) is 0 Å². The van der Waals surface area contributed by atoms with Crippen LogP contribution in [-0.2, 0) is 16.4 Å². The molecule has 1 fully saturated rings. The van der Waals surface area contributed by atoms with E-state index in [0.717, 1.165) is 37.7 Å². The molecule has 0 heterocycles. The fourth-order valence-electron chi connectivity index (χ4n) is 2.32. The van der Waals surface area contributed by atoms with E-state index in [1.165, 1.54) is 0 Å². The molecular formula is C14H21ClN2O2S. The molecule has 0 saturated heterocycles. The molecule has 0 amide bonds. The van der Waals surface area contributed by atoms with Gasteiger partial charge in [-0.3, -0.25) is 0 Å². The minimum absolute atomic E-state index is 0.146. The van der Waals surface area contributed by atoms with Crippen molar-refractivity contribution in [2.75, 3.05) is 6.54 Å². The molecule has 20 heavy (non-hydrogen) atoms. The average molecular weight is 317 g/mol. The lowest BCUT2D eigenvalue weighted by atomic mass is 9.78. The third kappa shape index (κ3) is 3.52. The van der Waals surface area contributed by atoms with Gasteiger partial charge in [0.15, 0.2) is 0 Å². The lowest BCUT2D eigenvalue weighted by molar-refractivity contribution is 0.251. The van der Waals surface area contributed by atoms with Crippen molar-refractivity contribution in [1.82, 2.24) is 4.72 Å². The number of rotatable bonds is 6. The molecule has 6 heteroatoms. The molecule has 0 spiro atoms. The summed E-state index contributed by atoms with van der Waals surface area (Å²) in [5.41, 5.74) is 6.63. The van der Waals surface area contributed by atoms with Gasteiger partial charge in [-0.05, 0) is 43.4 Å². The van der Waals surface area contributed by atoms with E-state index in [1.807, 2.05) is 6.07 Å². The van der Waals surface area contributed by atoms with Gasteiger partial charge in [0.2, 0.25) is 10.0 Å². The molecule has 1 saturated carbocycles. The number of sulfonamides is 1. The van der Waals surface area contributed by atoms with Crippen LogP contribution >= 0.6 is 11.6 Å². The van der Waals surface area contributed by atoms with E-state index < -0.39 is 10.0 Å². The predicted molar refractivity (Wildman–Crippen MR) is 81.4 cm³/mol. The molecule has 1 aliphatic rings. The molecule has 0 bridgehead atoms. The van der Waals surface area contributed by atoms with Crippen molar-refractivity contribution >= 4 is 21.6 Å². The second kappa shape index (κ2) is 6.02. The van der Waals surface area contributed by atoms with Crippen LogP contribution in [-0.4, -0.2) is 20.5 Å². The summed E-state index contributed by atoms with van der Waals surface area (Å²) < 4.78 is 27.3. The summed E-state index contributed by atoms with van der Waals surface area (Å²) in [6.07, 6.45) is 4.57. The zero-order chi connectivity index (χ0) is 14.8. The van der Waals surface area contributed by atoms with Gasteiger partial charge in [-0.1, -0.05) is 31.0 Å². The van der Waals surface area contributed by atoms with E-state index in [9.17, 15) is 8.42 Å². The summed E-state index contributed by atoms with van der Waals surface area (Å²) in [5.74, 6) is 0. The van der Waals surface area contributed by atoms with Crippen LogP contribution in [0.2, 0.25) is 5.02 Å². The zero-order valence-corrected chi connectivity index (χ0v) is 13.2. The van der Waals surface area contributed by atoms with E-state index >= 15 is 0 Å². The summed E-state index contributed by atoms with van der Waals surface area (Å²) in [5, 5.41) is 0.247. The lowest BCUT2D eigenvalue weighted by Crippen LogP contribution is -2.54. The minimum Gasteiger partial charge on any atom is -0.324 e. The van der Waals surface area contributed by atoms with Gasteiger partial charge in [-0.15, -0.1) is 0 Å². The molecule has 1 aromatic carbocycles. The molecule has 0 atom stereocenters. The van der Waals surface area contributed by atoms with Crippen molar-refractivity contribution in [1.29, 1.82) is 0 Å². The molecule has 1 aromatic rings. The normalized spacial score (nSPS) is 17.8. The van der Waals surface area contributed by atoms with Crippen LogP contribution in [0, 0.1) is 0 Å². The molecule has 0 aromatic heterocycles. The topological polar surface area (TPSA) is 72.2 Å². The van der Waals surface area contributed by atoms with Gasteiger partial charge >= 0.3 is 0 Å². The first-order chi connectivity index (χ1) is 9.36. The van der Waals surface area contributed by atoms with Crippen LogP contribution in [0.3, 0.4) is 0 Å². The monoisotopic (exact) mass is 316 g/mol. The average Bonchev–Trinajstić information content (AvgIpc) is 2.36. The number of hydrogen-bond acceptors (Lipinski definition) is 3. The molecule has 0 unspecified atom stereocenters. The smallest absolute Gasteiger partial charge is 0.242 e. The summed E-state index contributed by atoms with van der Waals surface area (Å²) in [6, 6.07) is 5.15. The number of nitrogens with one attached hydrogen (secondary N) is 1. The first kappa shape index (κ1) is 15.8. The SMILES string of the molecule is CCCc1ccc(Cl)c(S(=O)(=O)NCC2(N)CCC2)c1. The molecule has 2 rings (SSSR count). The standard InChI is InChI=1S/C14H21ClN2O2S/c1-2-4-11-5-6-12(15)13(9-11)20(18,19)17-10-14(16)7-3-8-14/h5-6,9,17H,2-4,7-8,10,16H2,1H3. The van der Waals surface area contributed by atoms with E-state index in [1.54, 1.807) is 12.1 Å². The Balaban J connectivity index is 2.17. The summed E-state index contributed by atoms with van der Waals surface area (Å²) >= 11 is 6.03. The van der Waals surface area contributed by atoms with Crippen molar-refractivity contribution in [3.63, 3.8) is 0 Å². The Morgan fingerprint density at radius 3 is 2.65 bits per heavy atom. The maximum absolute atomic E-state index is 12.3. The Morgan fingerprint density at radius 1 is 1.40 bits per heavy atom. The molecule has 1 aliphatic carbocycles. The molecule has 3 N–H and O–H groups in total. The molecule has 0 radical (unpaired) electrons. The Morgan fingerprint density at radius 2 is 2.10 bits per heavy atom. The van der Waals surface area contributed by atoms with Crippen LogP contribution in [0.25, 0.3) is 0 Å². The minimum atomic E-state index is -3.60. The van der Waals surface area contributed by atoms with Gasteiger partial charge in [0.25, 0.3) is 0 Å². The summed E-state index contributed by atoms with van der Waals surface area (Å²) in [4.78, 5) is 0.146. The molecular weight excluding hydrogens is 296 g/mol. The van der Waals surface area contributed by atoms with Gasteiger partial charge < -0.3 is 5.73 Å². The van der Waals surface area contributed by atoms with Crippen molar-refractivity contribution in [2.24, 2.45) is 5.73 Å². The molecule has 0 aliphatic heterocycles. The number of halogens is 1. The van der Waals surface area contributed by atoms with Crippen molar-refractivity contribution in [3.8, 4) is 0 Å². The highest BCUT2D eigenvalue weighted by Gasteiger charge is 2.34. The Bertz CT molecular complexity index is 583. The van der Waals surface area contributed by atoms with Gasteiger partial charge in [-0.25, -0.2) is 13.1 Å². The van der Waals surface area contributed by atoms with Crippen molar-refractivity contribution < 1.29 is 8.42 Å². The van der Waals surface area contributed by atoms with Gasteiger partial charge in [-0.2, -0.15) is 0 Å². The fraction of sp³-hybridized carbons (Fsp3) is 0.571. The Labute approximate surface area is 125 Å². The van der Waals surface area contributed by atoms with E-state index in [4.69, 9.17) is 17.3 Å². The number of aryl methyl sites for hydroxylation is 1. The second-order valence-corrected chi connectivity index (χ2v) is 7.70. The van der Waals surface area contributed by atoms with E-state index in [0.29, 0.717) is 0 Å². The largest absolute Gasteiger partial charge is 0.324 e. The fourth-order valence-corrected chi connectivity index (χ4v) is 4.01. The Kier molecular flexibility index (Phi) is 4.74. The lowest BCUT2D eigenvalue weighted by Gasteiger charge is -2.38. The van der Waals surface area contributed by atoms with Gasteiger partial charge in [0, 0.05) is 12.1 Å².